The Bertz CT molecular complexity index is 163. The molecule has 0 amide bonds. The third kappa shape index (κ3) is 2.92. The number of allylic oxidation sites excluding steroid dienone is 4. The van der Waals surface area contributed by atoms with E-state index in [2.05, 4.69) is 32.1 Å². The maximum absolute atomic E-state index is 2.39. The topological polar surface area (TPSA) is 0 Å². The van der Waals surface area contributed by atoms with E-state index in [0.717, 1.165) is 12.3 Å². The molecule has 0 aromatic carbocycles. The van der Waals surface area contributed by atoms with Crippen LogP contribution in [0.2, 0.25) is 0 Å². The van der Waals surface area contributed by atoms with Crippen LogP contribution >= 0.6 is 0 Å². The van der Waals surface area contributed by atoms with Crippen molar-refractivity contribution in [1.82, 2.24) is 0 Å². The maximum Gasteiger partial charge on any atom is -0.0167 e. The molecule has 1 atom stereocenters. The van der Waals surface area contributed by atoms with Gasteiger partial charge in [0.15, 0.2) is 0 Å². The fourth-order valence-corrected chi connectivity index (χ4v) is 1.64. The highest BCUT2D eigenvalue weighted by atomic mass is 14.2. The molecule has 11 heavy (non-hydrogen) atoms. The molecule has 0 nitrogen and oxygen atoms in total. The summed E-state index contributed by atoms with van der Waals surface area (Å²) in [6.45, 7) is 4.42. The van der Waals surface area contributed by atoms with Crippen LogP contribution in [0.15, 0.2) is 23.8 Å². The van der Waals surface area contributed by atoms with Crippen molar-refractivity contribution in [2.75, 3.05) is 0 Å². The lowest BCUT2D eigenvalue weighted by Gasteiger charge is -1.94. The van der Waals surface area contributed by atoms with Crippen molar-refractivity contribution in [3.63, 3.8) is 0 Å². The van der Waals surface area contributed by atoms with Crippen LogP contribution in [-0.4, -0.2) is 0 Å². The molecule has 1 aliphatic rings. The highest BCUT2D eigenvalue weighted by Crippen LogP contribution is 2.29. The van der Waals surface area contributed by atoms with Crippen molar-refractivity contribution in [3.8, 4) is 0 Å². The highest BCUT2D eigenvalue weighted by molar-refractivity contribution is 5.09. The van der Waals surface area contributed by atoms with Crippen molar-refractivity contribution in [1.29, 1.82) is 0 Å². The Morgan fingerprint density at radius 1 is 1.55 bits per heavy atom. The lowest BCUT2D eigenvalue weighted by molar-refractivity contribution is 0.620. The van der Waals surface area contributed by atoms with Gasteiger partial charge in [0.05, 0.1) is 0 Å². The van der Waals surface area contributed by atoms with Crippen molar-refractivity contribution in [2.24, 2.45) is 5.92 Å². The van der Waals surface area contributed by atoms with E-state index >= 15 is 0 Å². The molecule has 0 aromatic rings. The van der Waals surface area contributed by atoms with E-state index in [1.54, 1.807) is 5.57 Å². The van der Waals surface area contributed by atoms with Gasteiger partial charge in [0.2, 0.25) is 0 Å². The Kier molecular flexibility index (Phi) is 3.41. The first-order chi connectivity index (χ1) is 5.33. The number of hydrogen-bond acceptors (Lipinski definition) is 0. The van der Waals surface area contributed by atoms with Gasteiger partial charge in [-0.25, -0.2) is 0 Å². The second-order valence-electron chi connectivity index (χ2n) is 3.52. The lowest BCUT2D eigenvalue weighted by Crippen LogP contribution is -1.80. The minimum Gasteiger partial charge on any atom is -0.0914 e. The average molecular weight is 150 g/mol. The van der Waals surface area contributed by atoms with E-state index in [4.69, 9.17) is 0 Å². The summed E-state index contributed by atoms with van der Waals surface area (Å²) >= 11 is 0. The van der Waals surface area contributed by atoms with E-state index in [-0.39, 0.29) is 0 Å². The van der Waals surface area contributed by atoms with E-state index < -0.39 is 0 Å². The highest BCUT2D eigenvalue weighted by Gasteiger charge is 2.13. The molecule has 1 rings (SSSR count). The summed E-state index contributed by atoms with van der Waals surface area (Å²) in [6.07, 6.45) is 12.0. The first kappa shape index (κ1) is 8.58. The van der Waals surface area contributed by atoms with Gasteiger partial charge in [-0.05, 0) is 38.5 Å². The summed E-state index contributed by atoms with van der Waals surface area (Å²) in [5.74, 6) is 0.937. The van der Waals surface area contributed by atoms with Gasteiger partial charge in [-0.2, -0.15) is 0 Å². The Morgan fingerprint density at radius 2 is 2.36 bits per heavy atom. The van der Waals surface area contributed by atoms with Crippen LogP contribution in [-0.2, 0) is 0 Å². The zero-order valence-electron chi connectivity index (χ0n) is 7.64. The SMILES string of the molecule is CC=CC/C=C1\CCC(C)C1. The van der Waals surface area contributed by atoms with Crippen LogP contribution in [0.1, 0.15) is 39.5 Å². The summed E-state index contributed by atoms with van der Waals surface area (Å²) in [4.78, 5) is 0. The van der Waals surface area contributed by atoms with Gasteiger partial charge in [-0.15, -0.1) is 0 Å². The standard InChI is InChI=1S/C11H18/c1-3-4-5-6-11-8-7-10(2)9-11/h3-4,6,10H,5,7-9H2,1-2H3/b4-3?,11-6+. The second-order valence-corrected chi connectivity index (χ2v) is 3.52. The monoisotopic (exact) mass is 150 g/mol. The van der Waals surface area contributed by atoms with E-state index in [9.17, 15) is 0 Å². The molecule has 0 saturated heterocycles. The molecule has 0 bridgehead atoms. The van der Waals surface area contributed by atoms with E-state index in [1.807, 2.05) is 0 Å². The third-order valence-corrected chi connectivity index (χ3v) is 2.35. The predicted octanol–water partition coefficient (Wildman–Crippen LogP) is 3.70. The lowest BCUT2D eigenvalue weighted by atomic mass is 10.1. The largest absolute Gasteiger partial charge is 0.0914 e. The van der Waals surface area contributed by atoms with Gasteiger partial charge >= 0.3 is 0 Å². The normalized spacial score (nSPS) is 28.9. The minimum atomic E-state index is 0.937. The summed E-state index contributed by atoms with van der Waals surface area (Å²) < 4.78 is 0. The van der Waals surface area contributed by atoms with Gasteiger partial charge in [0, 0.05) is 0 Å². The molecule has 1 saturated carbocycles. The van der Waals surface area contributed by atoms with Crippen LogP contribution in [0.4, 0.5) is 0 Å². The van der Waals surface area contributed by atoms with E-state index in [1.165, 1.54) is 19.3 Å². The molecule has 0 heteroatoms. The molecule has 0 aliphatic heterocycles. The van der Waals surface area contributed by atoms with Crippen LogP contribution in [0.5, 0.6) is 0 Å². The summed E-state index contributed by atoms with van der Waals surface area (Å²) in [6, 6.07) is 0. The molecule has 1 aliphatic carbocycles. The second kappa shape index (κ2) is 4.38. The zero-order valence-corrected chi connectivity index (χ0v) is 7.64. The molecule has 0 aromatic heterocycles. The average Bonchev–Trinajstić information content (AvgIpc) is 2.37. The molecular formula is C11H18. The Balaban J connectivity index is 2.30. The Morgan fingerprint density at radius 3 is 2.91 bits per heavy atom. The molecule has 0 radical (unpaired) electrons. The molecule has 1 unspecified atom stereocenters. The van der Waals surface area contributed by atoms with Gasteiger partial charge in [-0.1, -0.05) is 30.7 Å². The smallest absolute Gasteiger partial charge is 0.0167 e. The fourth-order valence-electron chi connectivity index (χ4n) is 1.64. The number of rotatable bonds is 2. The quantitative estimate of drug-likeness (QED) is 0.526. The van der Waals surface area contributed by atoms with Gasteiger partial charge in [0.25, 0.3) is 0 Å². The summed E-state index contributed by atoms with van der Waals surface area (Å²) in [5, 5.41) is 0. The van der Waals surface area contributed by atoms with Crippen LogP contribution in [0.3, 0.4) is 0 Å². The molecule has 1 fully saturated rings. The van der Waals surface area contributed by atoms with Crippen molar-refractivity contribution >= 4 is 0 Å². The Hall–Kier alpha value is -0.520. The molecule has 0 N–H and O–H groups in total. The Labute approximate surface area is 70.0 Å². The summed E-state index contributed by atoms with van der Waals surface area (Å²) in [7, 11) is 0. The van der Waals surface area contributed by atoms with Crippen molar-refractivity contribution < 1.29 is 0 Å². The van der Waals surface area contributed by atoms with Crippen LogP contribution < -0.4 is 0 Å². The van der Waals surface area contributed by atoms with E-state index in [0.29, 0.717) is 0 Å². The predicted molar refractivity (Wildman–Crippen MR) is 50.5 cm³/mol. The van der Waals surface area contributed by atoms with Crippen molar-refractivity contribution in [3.05, 3.63) is 23.8 Å². The van der Waals surface area contributed by atoms with Gasteiger partial charge in [0.1, 0.15) is 0 Å². The molecule has 62 valence electrons. The molecule has 0 spiro atoms. The molecular weight excluding hydrogens is 132 g/mol. The van der Waals surface area contributed by atoms with Gasteiger partial charge in [-0.3, -0.25) is 0 Å². The first-order valence-corrected chi connectivity index (χ1v) is 4.62. The minimum absolute atomic E-state index is 0.937. The third-order valence-electron chi connectivity index (χ3n) is 2.35. The fraction of sp³-hybridized carbons (Fsp3) is 0.636. The molecule has 0 heterocycles. The number of hydrogen-bond donors (Lipinski definition) is 0. The van der Waals surface area contributed by atoms with Crippen molar-refractivity contribution in [2.45, 2.75) is 39.5 Å². The van der Waals surface area contributed by atoms with Gasteiger partial charge < -0.3 is 0 Å². The first-order valence-electron chi connectivity index (χ1n) is 4.62. The van der Waals surface area contributed by atoms with Crippen LogP contribution in [0.25, 0.3) is 0 Å². The summed E-state index contributed by atoms with van der Waals surface area (Å²) in [5.41, 5.74) is 1.68. The maximum atomic E-state index is 2.39. The zero-order chi connectivity index (χ0) is 8.10. The van der Waals surface area contributed by atoms with Crippen LogP contribution in [0, 0.1) is 5.92 Å².